The Morgan fingerprint density at radius 1 is 1.10 bits per heavy atom. The van der Waals surface area contributed by atoms with Crippen LogP contribution in [0.1, 0.15) is 31.1 Å². The molecule has 0 aromatic heterocycles. The van der Waals surface area contributed by atoms with Crippen LogP contribution in [0.5, 0.6) is 5.75 Å². The van der Waals surface area contributed by atoms with Crippen molar-refractivity contribution in [1.29, 1.82) is 0 Å². The van der Waals surface area contributed by atoms with Gasteiger partial charge >= 0.3 is 0 Å². The summed E-state index contributed by atoms with van der Waals surface area (Å²) in [7, 11) is 0. The fraction of sp³-hybridized carbons (Fsp3) is 0.435. The van der Waals surface area contributed by atoms with E-state index in [0.717, 1.165) is 34.2 Å². The molecule has 0 radical (unpaired) electrons. The predicted octanol–water partition coefficient (Wildman–Crippen LogP) is 3.89. The van der Waals surface area contributed by atoms with E-state index in [1.807, 2.05) is 69.3 Å². The van der Waals surface area contributed by atoms with E-state index in [1.54, 1.807) is 11.8 Å². The second-order valence-electron chi connectivity index (χ2n) is 7.70. The van der Waals surface area contributed by atoms with Gasteiger partial charge in [-0.1, -0.05) is 23.9 Å². The third-order valence-electron chi connectivity index (χ3n) is 5.13. The first kappa shape index (κ1) is 21.8. The monoisotopic (exact) mass is 415 g/mol. The maximum Gasteiger partial charge on any atom is 0.182 e. The number of benzene rings is 2. The van der Waals surface area contributed by atoms with Crippen molar-refractivity contribution in [2.24, 2.45) is 0 Å². The van der Waals surface area contributed by atoms with Gasteiger partial charge in [0, 0.05) is 28.4 Å². The summed E-state index contributed by atoms with van der Waals surface area (Å²) in [5.41, 5.74) is 0.188. The van der Waals surface area contributed by atoms with Gasteiger partial charge in [0.2, 0.25) is 0 Å². The van der Waals surface area contributed by atoms with Gasteiger partial charge in [0.25, 0.3) is 0 Å². The van der Waals surface area contributed by atoms with Crippen LogP contribution in [0.25, 0.3) is 0 Å². The molecule has 2 aromatic rings. The van der Waals surface area contributed by atoms with Crippen LogP contribution in [0, 0.1) is 0 Å². The normalized spacial score (nSPS) is 16.4. The number of morpholine rings is 1. The Morgan fingerprint density at radius 3 is 2.21 bits per heavy atom. The maximum absolute atomic E-state index is 13.1. The number of rotatable bonds is 8. The maximum atomic E-state index is 13.1. The standard InChI is InChI=1S/C23H29NO4S/c1-17(16-25)28-19-6-10-21(11-7-19)29-20-8-4-18(5-9-20)22(26)23(2,3)24-12-14-27-15-13-24/h4-11,17,25H,12-16H2,1-3H3. The minimum absolute atomic E-state index is 0.0100. The Bertz CT molecular complexity index is 799. The fourth-order valence-corrected chi connectivity index (χ4v) is 4.10. The number of nitrogens with zero attached hydrogens (tertiary/aromatic N) is 1. The van der Waals surface area contributed by atoms with Gasteiger partial charge < -0.3 is 14.6 Å². The third-order valence-corrected chi connectivity index (χ3v) is 6.14. The minimum Gasteiger partial charge on any atom is -0.488 e. The number of ketones is 1. The molecule has 156 valence electrons. The third kappa shape index (κ3) is 5.60. The quantitative estimate of drug-likeness (QED) is 0.660. The molecule has 2 aromatic carbocycles. The number of carbonyl (C=O) groups is 1. The Hall–Kier alpha value is -1.86. The molecule has 1 aliphatic rings. The molecule has 1 N–H and O–H groups in total. The molecule has 0 spiro atoms. The number of carbonyl (C=O) groups excluding carboxylic acids is 1. The van der Waals surface area contributed by atoms with Crippen LogP contribution in [0.15, 0.2) is 58.3 Å². The van der Waals surface area contributed by atoms with E-state index >= 15 is 0 Å². The molecule has 1 unspecified atom stereocenters. The van der Waals surface area contributed by atoms with Crippen molar-refractivity contribution in [3.8, 4) is 5.75 Å². The van der Waals surface area contributed by atoms with Crippen molar-refractivity contribution in [1.82, 2.24) is 4.90 Å². The van der Waals surface area contributed by atoms with E-state index in [2.05, 4.69) is 4.90 Å². The molecule has 0 aliphatic carbocycles. The summed E-state index contributed by atoms with van der Waals surface area (Å²) in [6, 6.07) is 15.6. The van der Waals surface area contributed by atoms with Gasteiger partial charge in [0.15, 0.2) is 5.78 Å². The lowest BCUT2D eigenvalue weighted by molar-refractivity contribution is -0.00430. The molecule has 29 heavy (non-hydrogen) atoms. The van der Waals surface area contributed by atoms with Crippen LogP contribution in [0.3, 0.4) is 0 Å². The average Bonchev–Trinajstić information content (AvgIpc) is 2.75. The molecule has 0 bridgehead atoms. The van der Waals surface area contributed by atoms with E-state index in [9.17, 15) is 4.79 Å². The largest absolute Gasteiger partial charge is 0.488 e. The molecule has 1 aliphatic heterocycles. The van der Waals surface area contributed by atoms with E-state index in [0.29, 0.717) is 13.2 Å². The van der Waals surface area contributed by atoms with Gasteiger partial charge in [-0.2, -0.15) is 0 Å². The van der Waals surface area contributed by atoms with Crippen LogP contribution >= 0.6 is 11.8 Å². The van der Waals surface area contributed by atoms with Crippen LogP contribution in [0.4, 0.5) is 0 Å². The zero-order chi connectivity index (χ0) is 20.9. The lowest BCUT2D eigenvalue weighted by Crippen LogP contribution is -2.54. The summed E-state index contributed by atoms with van der Waals surface area (Å²) in [6.45, 7) is 8.71. The lowest BCUT2D eigenvalue weighted by atomic mass is 9.91. The van der Waals surface area contributed by atoms with Gasteiger partial charge in [0.05, 0.1) is 25.4 Å². The Balaban J connectivity index is 1.63. The van der Waals surface area contributed by atoms with Crippen molar-refractivity contribution < 1.29 is 19.4 Å². The Kier molecular flexibility index (Phi) is 7.35. The molecule has 1 heterocycles. The zero-order valence-electron chi connectivity index (χ0n) is 17.3. The molecule has 1 saturated heterocycles. The zero-order valence-corrected chi connectivity index (χ0v) is 18.1. The van der Waals surface area contributed by atoms with Crippen molar-refractivity contribution in [3.05, 3.63) is 54.1 Å². The molecule has 1 atom stereocenters. The highest BCUT2D eigenvalue weighted by Crippen LogP contribution is 2.30. The molecule has 3 rings (SSSR count). The van der Waals surface area contributed by atoms with E-state index in [-0.39, 0.29) is 18.5 Å². The SMILES string of the molecule is CC(CO)Oc1ccc(Sc2ccc(C(=O)C(C)(C)N3CCOCC3)cc2)cc1. The second kappa shape index (κ2) is 9.76. The van der Waals surface area contributed by atoms with Crippen molar-refractivity contribution in [2.45, 2.75) is 42.2 Å². The van der Waals surface area contributed by atoms with Gasteiger partial charge in [-0.25, -0.2) is 0 Å². The van der Waals surface area contributed by atoms with E-state index in [1.165, 1.54) is 0 Å². The number of hydrogen-bond donors (Lipinski definition) is 1. The van der Waals surface area contributed by atoms with Crippen molar-refractivity contribution in [2.75, 3.05) is 32.9 Å². The van der Waals surface area contributed by atoms with Crippen LogP contribution in [-0.4, -0.2) is 60.3 Å². The van der Waals surface area contributed by atoms with Gasteiger partial charge in [0.1, 0.15) is 11.9 Å². The summed E-state index contributed by atoms with van der Waals surface area (Å²) in [5.74, 6) is 0.873. The number of ether oxygens (including phenoxy) is 2. The number of hydrogen-bond acceptors (Lipinski definition) is 6. The molecular weight excluding hydrogens is 386 g/mol. The fourth-order valence-electron chi connectivity index (χ4n) is 3.29. The summed E-state index contributed by atoms with van der Waals surface area (Å²) in [6.07, 6.45) is -0.222. The average molecular weight is 416 g/mol. The smallest absolute Gasteiger partial charge is 0.182 e. The van der Waals surface area contributed by atoms with Crippen molar-refractivity contribution in [3.63, 3.8) is 0 Å². The van der Waals surface area contributed by atoms with E-state index in [4.69, 9.17) is 14.6 Å². The molecule has 6 heteroatoms. The molecular formula is C23H29NO4S. The van der Waals surface area contributed by atoms with Crippen molar-refractivity contribution >= 4 is 17.5 Å². The highest BCUT2D eigenvalue weighted by atomic mass is 32.2. The summed E-state index contributed by atoms with van der Waals surface area (Å²) < 4.78 is 11.0. The predicted molar refractivity (Wildman–Crippen MR) is 115 cm³/mol. The van der Waals surface area contributed by atoms with Gasteiger partial charge in [-0.3, -0.25) is 9.69 Å². The second-order valence-corrected chi connectivity index (χ2v) is 8.84. The van der Waals surface area contributed by atoms with E-state index < -0.39 is 5.54 Å². The topological polar surface area (TPSA) is 59.0 Å². The summed E-state index contributed by atoms with van der Waals surface area (Å²) in [4.78, 5) is 17.4. The molecule has 1 fully saturated rings. The first-order chi connectivity index (χ1) is 13.9. The summed E-state index contributed by atoms with van der Waals surface area (Å²) >= 11 is 1.63. The number of Topliss-reactive ketones (excluding diaryl/α,β-unsaturated/α-hetero) is 1. The molecule has 0 saturated carbocycles. The first-order valence-electron chi connectivity index (χ1n) is 9.93. The molecule has 0 amide bonds. The van der Waals surface area contributed by atoms with Crippen LogP contribution < -0.4 is 4.74 Å². The lowest BCUT2D eigenvalue weighted by Gasteiger charge is -2.39. The first-order valence-corrected chi connectivity index (χ1v) is 10.7. The highest BCUT2D eigenvalue weighted by Gasteiger charge is 2.35. The molecule has 5 nitrogen and oxygen atoms in total. The Labute approximate surface area is 177 Å². The van der Waals surface area contributed by atoms with Crippen LogP contribution in [0.2, 0.25) is 0 Å². The number of aliphatic hydroxyl groups excluding tert-OH is 1. The van der Waals surface area contributed by atoms with Gasteiger partial charge in [-0.15, -0.1) is 0 Å². The highest BCUT2D eigenvalue weighted by molar-refractivity contribution is 7.99. The van der Waals surface area contributed by atoms with Crippen LogP contribution in [-0.2, 0) is 4.74 Å². The Morgan fingerprint density at radius 2 is 1.66 bits per heavy atom. The van der Waals surface area contributed by atoms with Gasteiger partial charge in [-0.05, 0) is 57.2 Å². The summed E-state index contributed by atoms with van der Waals surface area (Å²) in [5, 5.41) is 9.07. The minimum atomic E-state index is -0.542. The number of aliphatic hydroxyl groups is 1.